The lowest BCUT2D eigenvalue weighted by atomic mass is 10.1. The van der Waals surface area contributed by atoms with Crippen LogP contribution in [0, 0.1) is 10.1 Å². The van der Waals surface area contributed by atoms with Crippen LogP contribution in [0.4, 0.5) is 5.69 Å². The average Bonchev–Trinajstić information content (AvgIpc) is 2.78. The standard InChI is InChI=1S/C23H22N2O6S/c1-17(10-11-18-6-3-2-4-7-18)24-23(26)19-12-14-21(15-13-19)31-32(29,30)22-9-5-8-20(16-22)25(27)28/h2-9,12-17H,10-11H2,1H3,(H,24,26). The second kappa shape index (κ2) is 10.1. The molecule has 0 saturated heterocycles. The van der Waals surface area contributed by atoms with Crippen molar-refractivity contribution in [3.8, 4) is 5.75 Å². The van der Waals surface area contributed by atoms with Gasteiger partial charge in [-0.3, -0.25) is 14.9 Å². The summed E-state index contributed by atoms with van der Waals surface area (Å²) in [7, 11) is -4.26. The number of nitrogens with one attached hydrogen (secondary N) is 1. The summed E-state index contributed by atoms with van der Waals surface area (Å²) in [5, 5.41) is 13.8. The van der Waals surface area contributed by atoms with Crippen LogP contribution in [0.1, 0.15) is 29.3 Å². The second-order valence-electron chi connectivity index (χ2n) is 7.22. The van der Waals surface area contributed by atoms with Crippen LogP contribution >= 0.6 is 0 Å². The minimum absolute atomic E-state index is 0.00909. The largest absolute Gasteiger partial charge is 0.379 e. The molecule has 0 aromatic heterocycles. The number of rotatable bonds is 9. The van der Waals surface area contributed by atoms with E-state index in [9.17, 15) is 23.3 Å². The molecule has 0 bridgehead atoms. The Hall–Kier alpha value is -3.72. The molecule has 32 heavy (non-hydrogen) atoms. The van der Waals surface area contributed by atoms with Crippen molar-refractivity contribution >= 4 is 21.7 Å². The molecule has 166 valence electrons. The number of benzene rings is 3. The number of hydrogen-bond acceptors (Lipinski definition) is 6. The molecule has 0 aliphatic rings. The summed E-state index contributed by atoms with van der Waals surface area (Å²) in [4.78, 5) is 22.3. The van der Waals surface area contributed by atoms with Gasteiger partial charge in [-0.2, -0.15) is 8.42 Å². The van der Waals surface area contributed by atoms with Gasteiger partial charge in [0, 0.05) is 23.7 Å². The van der Waals surface area contributed by atoms with Crippen LogP contribution in [0.5, 0.6) is 5.75 Å². The number of aryl methyl sites for hydroxylation is 1. The Bertz CT molecular complexity index is 1190. The minimum atomic E-state index is -4.26. The summed E-state index contributed by atoms with van der Waals surface area (Å²) in [6.45, 7) is 1.92. The van der Waals surface area contributed by atoms with Crippen molar-refractivity contribution in [2.45, 2.75) is 30.7 Å². The zero-order chi connectivity index (χ0) is 23.1. The predicted molar refractivity (Wildman–Crippen MR) is 119 cm³/mol. The Balaban J connectivity index is 1.59. The molecule has 0 aliphatic carbocycles. The maximum absolute atomic E-state index is 12.5. The van der Waals surface area contributed by atoms with Gasteiger partial charge in [0.2, 0.25) is 0 Å². The van der Waals surface area contributed by atoms with Crippen LogP contribution in [0.25, 0.3) is 0 Å². The van der Waals surface area contributed by atoms with Crippen LogP contribution < -0.4 is 9.50 Å². The fourth-order valence-corrected chi connectivity index (χ4v) is 3.97. The molecule has 1 amide bonds. The molecule has 0 fully saturated rings. The Morgan fingerprint density at radius 2 is 1.72 bits per heavy atom. The topological polar surface area (TPSA) is 116 Å². The van der Waals surface area contributed by atoms with Gasteiger partial charge in [0.1, 0.15) is 10.6 Å². The zero-order valence-electron chi connectivity index (χ0n) is 17.3. The Labute approximate surface area is 186 Å². The molecule has 0 saturated carbocycles. The maximum Gasteiger partial charge on any atom is 0.339 e. The molecule has 0 spiro atoms. The van der Waals surface area contributed by atoms with E-state index in [4.69, 9.17) is 4.18 Å². The molecule has 3 aromatic rings. The van der Waals surface area contributed by atoms with E-state index in [1.165, 1.54) is 48.0 Å². The first-order chi connectivity index (χ1) is 15.2. The normalized spacial score (nSPS) is 12.0. The van der Waals surface area contributed by atoms with Crippen molar-refractivity contribution in [1.29, 1.82) is 0 Å². The maximum atomic E-state index is 12.5. The fourth-order valence-electron chi connectivity index (χ4n) is 3.00. The van der Waals surface area contributed by atoms with E-state index in [0.29, 0.717) is 5.56 Å². The lowest BCUT2D eigenvalue weighted by molar-refractivity contribution is -0.385. The van der Waals surface area contributed by atoms with Crippen molar-refractivity contribution in [3.63, 3.8) is 0 Å². The number of nitro groups is 1. The van der Waals surface area contributed by atoms with Gasteiger partial charge in [-0.1, -0.05) is 36.4 Å². The van der Waals surface area contributed by atoms with E-state index in [2.05, 4.69) is 5.32 Å². The SMILES string of the molecule is CC(CCc1ccccc1)NC(=O)c1ccc(OS(=O)(=O)c2cccc([N+](=O)[O-])c2)cc1. The monoisotopic (exact) mass is 454 g/mol. The van der Waals surface area contributed by atoms with Gasteiger partial charge in [0.15, 0.2) is 0 Å². The summed E-state index contributed by atoms with van der Waals surface area (Å²) in [6.07, 6.45) is 1.61. The first kappa shape index (κ1) is 23.0. The molecule has 9 heteroatoms. The van der Waals surface area contributed by atoms with Gasteiger partial charge < -0.3 is 9.50 Å². The Morgan fingerprint density at radius 1 is 1.03 bits per heavy atom. The van der Waals surface area contributed by atoms with Gasteiger partial charge in [0.05, 0.1) is 4.92 Å². The number of nitrogens with zero attached hydrogens (tertiary/aromatic N) is 1. The van der Waals surface area contributed by atoms with Crippen molar-refractivity contribution < 1.29 is 22.3 Å². The number of nitro benzene ring substituents is 1. The summed E-state index contributed by atoms with van der Waals surface area (Å²) in [6, 6.07) is 20.1. The Kier molecular flexibility index (Phi) is 7.21. The number of hydrogen-bond donors (Lipinski definition) is 1. The van der Waals surface area contributed by atoms with Crippen molar-refractivity contribution in [2.75, 3.05) is 0 Å². The van der Waals surface area contributed by atoms with Crippen molar-refractivity contribution in [2.24, 2.45) is 0 Å². The summed E-state index contributed by atoms with van der Waals surface area (Å²) >= 11 is 0. The third kappa shape index (κ3) is 6.14. The van der Waals surface area contributed by atoms with Gasteiger partial charge in [-0.15, -0.1) is 0 Å². The molecule has 8 nitrogen and oxygen atoms in total. The zero-order valence-corrected chi connectivity index (χ0v) is 18.1. The lowest BCUT2D eigenvalue weighted by Gasteiger charge is -2.14. The van der Waals surface area contributed by atoms with Crippen molar-refractivity contribution in [1.82, 2.24) is 5.32 Å². The molecule has 0 heterocycles. The molecule has 0 radical (unpaired) electrons. The highest BCUT2D eigenvalue weighted by Crippen LogP contribution is 2.22. The minimum Gasteiger partial charge on any atom is -0.379 e. The van der Waals surface area contributed by atoms with E-state index >= 15 is 0 Å². The van der Waals surface area contributed by atoms with E-state index in [-0.39, 0.29) is 28.3 Å². The molecule has 3 rings (SSSR count). The molecule has 1 atom stereocenters. The van der Waals surface area contributed by atoms with Gasteiger partial charge in [-0.25, -0.2) is 0 Å². The number of non-ortho nitro benzene ring substituents is 1. The number of amides is 1. The van der Waals surface area contributed by atoms with Crippen LogP contribution in [-0.4, -0.2) is 25.3 Å². The molecular weight excluding hydrogens is 432 g/mol. The van der Waals surface area contributed by atoms with Crippen LogP contribution in [-0.2, 0) is 16.5 Å². The molecular formula is C23H22N2O6S. The highest BCUT2D eigenvalue weighted by Gasteiger charge is 2.20. The highest BCUT2D eigenvalue weighted by atomic mass is 32.2. The average molecular weight is 455 g/mol. The number of carbonyl (C=O) groups excluding carboxylic acids is 1. The lowest BCUT2D eigenvalue weighted by Crippen LogP contribution is -2.32. The van der Waals surface area contributed by atoms with Gasteiger partial charge >= 0.3 is 10.1 Å². The fraction of sp³-hybridized carbons (Fsp3) is 0.174. The quantitative estimate of drug-likeness (QED) is 0.295. The number of carbonyl (C=O) groups is 1. The van der Waals surface area contributed by atoms with Crippen LogP contribution in [0.2, 0.25) is 0 Å². The third-order valence-electron chi connectivity index (χ3n) is 4.73. The van der Waals surface area contributed by atoms with E-state index in [0.717, 1.165) is 18.9 Å². The first-order valence-corrected chi connectivity index (χ1v) is 11.3. The van der Waals surface area contributed by atoms with Gasteiger partial charge in [0.25, 0.3) is 11.6 Å². The summed E-state index contributed by atoms with van der Waals surface area (Å²) in [5.74, 6) is -0.288. The van der Waals surface area contributed by atoms with E-state index in [1.807, 2.05) is 37.3 Å². The molecule has 3 aromatic carbocycles. The molecule has 1 unspecified atom stereocenters. The van der Waals surface area contributed by atoms with Crippen LogP contribution in [0.15, 0.2) is 83.8 Å². The smallest absolute Gasteiger partial charge is 0.339 e. The summed E-state index contributed by atoms with van der Waals surface area (Å²) < 4.78 is 29.9. The highest BCUT2D eigenvalue weighted by molar-refractivity contribution is 7.87. The van der Waals surface area contributed by atoms with Crippen LogP contribution in [0.3, 0.4) is 0 Å². The second-order valence-corrected chi connectivity index (χ2v) is 8.76. The van der Waals surface area contributed by atoms with Gasteiger partial charge in [-0.05, 0) is 55.7 Å². The predicted octanol–water partition coefficient (Wildman–Crippen LogP) is 4.11. The van der Waals surface area contributed by atoms with Crippen molar-refractivity contribution in [3.05, 3.63) is 100 Å². The first-order valence-electron chi connectivity index (χ1n) is 9.88. The molecule has 1 N–H and O–H groups in total. The van der Waals surface area contributed by atoms with E-state index < -0.39 is 15.0 Å². The third-order valence-corrected chi connectivity index (χ3v) is 5.97. The van der Waals surface area contributed by atoms with E-state index in [1.54, 1.807) is 0 Å². The molecule has 0 aliphatic heterocycles. The summed E-state index contributed by atoms with van der Waals surface area (Å²) in [5.41, 5.74) is 1.19. The Morgan fingerprint density at radius 3 is 2.38 bits per heavy atom.